The molecule has 2 aromatic carbocycles. The molecule has 3 aromatic rings. The Hall–Kier alpha value is -2.02. The fraction of sp³-hybridized carbons (Fsp3) is 0.167. The Labute approximate surface area is 165 Å². The Morgan fingerprint density at radius 1 is 1.12 bits per heavy atom. The van der Waals surface area contributed by atoms with Crippen LogP contribution in [0.3, 0.4) is 0 Å². The van der Waals surface area contributed by atoms with E-state index in [-0.39, 0.29) is 11.7 Å². The molecule has 0 spiro atoms. The van der Waals surface area contributed by atoms with Crippen LogP contribution in [0.25, 0.3) is 5.69 Å². The fourth-order valence-electron chi connectivity index (χ4n) is 2.38. The number of aryl methyl sites for hydroxylation is 2. The van der Waals surface area contributed by atoms with Crippen molar-refractivity contribution in [1.82, 2.24) is 14.8 Å². The van der Waals surface area contributed by atoms with E-state index in [1.165, 1.54) is 11.8 Å². The van der Waals surface area contributed by atoms with E-state index < -0.39 is 0 Å². The van der Waals surface area contributed by atoms with Gasteiger partial charge in [0.05, 0.1) is 27.2 Å². The Morgan fingerprint density at radius 3 is 2.62 bits per heavy atom. The van der Waals surface area contributed by atoms with Gasteiger partial charge in [-0.3, -0.25) is 9.36 Å². The van der Waals surface area contributed by atoms with Gasteiger partial charge in [0.15, 0.2) is 5.16 Å². The second kappa shape index (κ2) is 8.12. The van der Waals surface area contributed by atoms with Crippen LogP contribution in [0.4, 0.5) is 5.69 Å². The van der Waals surface area contributed by atoms with Gasteiger partial charge in [-0.2, -0.15) is 0 Å². The van der Waals surface area contributed by atoms with Crippen molar-refractivity contribution in [3.05, 3.63) is 63.9 Å². The minimum absolute atomic E-state index is 0.173. The highest BCUT2D eigenvalue weighted by Gasteiger charge is 2.15. The molecule has 8 heteroatoms. The first-order valence-electron chi connectivity index (χ1n) is 7.81. The average molecular weight is 407 g/mol. The van der Waals surface area contributed by atoms with E-state index >= 15 is 0 Å². The summed E-state index contributed by atoms with van der Waals surface area (Å²) >= 11 is 13.7. The molecule has 0 bridgehead atoms. The summed E-state index contributed by atoms with van der Waals surface area (Å²) in [5.41, 5.74) is 2.40. The molecule has 134 valence electrons. The summed E-state index contributed by atoms with van der Waals surface area (Å²) in [6.07, 6.45) is 0. The lowest BCUT2D eigenvalue weighted by molar-refractivity contribution is -0.113. The number of rotatable bonds is 5. The van der Waals surface area contributed by atoms with E-state index in [9.17, 15) is 4.79 Å². The van der Waals surface area contributed by atoms with Gasteiger partial charge >= 0.3 is 0 Å². The molecule has 1 amide bonds. The maximum absolute atomic E-state index is 12.3. The number of anilines is 1. The molecule has 0 aliphatic rings. The number of para-hydroxylation sites is 1. The van der Waals surface area contributed by atoms with E-state index in [1.54, 1.807) is 12.1 Å². The molecule has 1 N–H and O–H groups in total. The van der Waals surface area contributed by atoms with Gasteiger partial charge in [-0.25, -0.2) is 0 Å². The molecule has 0 aliphatic heterocycles. The molecule has 1 aromatic heterocycles. The van der Waals surface area contributed by atoms with Gasteiger partial charge < -0.3 is 5.32 Å². The first kappa shape index (κ1) is 18.8. The standard InChI is InChI=1S/C18H16Cl2N4OS/c1-11-7-8-15(14(20)9-11)21-17(25)10-26-18-23-22-12(2)24(18)16-6-4-3-5-13(16)19/h3-9H,10H2,1-2H3,(H,21,25). The number of carbonyl (C=O) groups excluding carboxylic acids is 1. The molecular weight excluding hydrogens is 391 g/mol. The highest BCUT2D eigenvalue weighted by molar-refractivity contribution is 7.99. The van der Waals surface area contributed by atoms with Crippen molar-refractivity contribution in [1.29, 1.82) is 0 Å². The predicted molar refractivity (Wildman–Crippen MR) is 107 cm³/mol. The predicted octanol–water partition coefficient (Wildman–Crippen LogP) is 4.92. The Balaban J connectivity index is 1.73. The van der Waals surface area contributed by atoms with Crippen molar-refractivity contribution in [2.45, 2.75) is 19.0 Å². The Kier molecular flexibility index (Phi) is 5.86. The minimum Gasteiger partial charge on any atom is -0.324 e. The Bertz CT molecular complexity index is 958. The van der Waals surface area contributed by atoms with E-state index in [0.717, 1.165) is 11.3 Å². The molecule has 0 saturated carbocycles. The zero-order valence-corrected chi connectivity index (χ0v) is 16.5. The second-order valence-corrected chi connectivity index (χ2v) is 7.39. The summed E-state index contributed by atoms with van der Waals surface area (Å²) in [7, 11) is 0. The zero-order valence-electron chi connectivity index (χ0n) is 14.2. The molecule has 0 saturated heterocycles. The van der Waals surface area contributed by atoms with Crippen molar-refractivity contribution in [3.8, 4) is 5.69 Å². The summed E-state index contributed by atoms with van der Waals surface area (Å²) in [6.45, 7) is 3.78. The van der Waals surface area contributed by atoms with Gasteiger partial charge in [-0.15, -0.1) is 10.2 Å². The number of nitrogens with zero attached hydrogens (tertiary/aromatic N) is 3. The van der Waals surface area contributed by atoms with Crippen LogP contribution >= 0.6 is 35.0 Å². The number of hydrogen-bond donors (Lipinski definition) is 1. The van der Waals surface area contributed by atoms with Crippen LogP contribution in [0.5, 0.6) is 0 Å². The Morgan fingerprint density at radius 2 is 1.88 bits per heavy atom. The van der Waals surface area contributed by atoms with Crippen molar-refractivity contribution < 1.29 is 4.79 Å². The number of aromatic nitrogens is 3. The van der Waals surface area contributed by atoms with Crippen LogP contribution in [-0.2, 0) is 4.79 Å². The normalized spacial score (nSPS) is 10.8. The van der Waals surface area contributed by atoms with Crippen molar-refractivity contribution in [3.63, 3.8) is 0 Å². The number of benzene rings is 2. The summed E-state index contributed by atoms with van der Waals surface area (Å²) in [5.74, 6) is 0.696. The second-order valence-electron chi connectivity index (χ2n) is 5.64. The van der Waals surface area contributed by atoms with Crippen LogP contribution in [-0.4, -0.2) is 26.4 Å². The first-order chi connectivity index (χ1) is 12.5. The molecule has 1 heterocycles. The zero-order chi connectivity index (χ0) is 18.7. The van der Waals surface area contributed by atoms with E-state index in [4.69, 9.17) is 23.2 Å². The topological polar surface area (TPSA) is 59.8 Å². The van der Waals surface area contributed by atoms with Crippen molar-refractivity contribution in [2.75, 3.05) is 11.1 Å². The fourth-order valence-corrected chi connectivity index (χ4v) is 3.68. The SMILES string of the molecule is Cc1ccc(NC(=O)CSc2nnc(C)n2-c2ccccc2Cl)c(Cl)c1. The third-order valence-corrected chi connectivity index (χ3v) is 5.18. The van der Waals surface area contributed by atoms with Gasteiger partial charge in [0.1, 0.15) is 5.82 Å². The molecule has 26 heavy (non-hydrogen) atoms. The molecule has 5 nitrogen and oxygen atoms in total. The number of halogens is 2. The van der Waals surface area contributed by atoms with Crippen LogP contribution in [0.1, 0.15) is 11.4 Å². The number of hydrogen-bond acceptors (Lipinski definition) is 4. The lowest BCUT2D eigenvalue weighted by atomic mass is 10.2. The highest BCUT2D eigenvalue weighted by atomic mass is 35.5. The molecule has 0 unspecified atom stereocenters. The quantitative estimate of drug-likeness (QED) is 0.610. The molecule has 0 fully saturated rings. The maximum atomic E-state index is 12.3. The van der Waals surface area contributed by atoms with Crippen molar-refractivity contribution >= 4 is 46.6 Å². The van der Waals surface area contributed by atoms with Gasteiger partial charge in [-0.05, 0) is 43.7 Å². The summed E-state index contributed by atoms with van der Waals surface area (Å²) in [5, 5.41) is 12.8. The van der Waals surface area contributed by atoms with Crippen LogP contribution in [0.2, 0.25) is 10.0 Å². The lowest BCUT2D eigenvalue weighted by Gasteiger charge is -2.10. The molecule has 0 radical (unpaired) electrons. The van der Waals surface area contributed by atoms with Crippen LogP contribution < -0.4 is 5.32 Å². The van der Waals surface area contributed by atoms with Crippen LogP contribution in [0, 0.1) is 13.8 Å². The maximum Gasteiger partial charge on any atom is 0.234 e. The molecular formula is C18H16Cl2N4OS. The van der Waals surface area contributed by atoms with Gasteiger partial charge in [-0.1, -0.05) is 53.2 Å². The number of amides is 1. The van der Waals surface area contributed by atoms with Gasteiger partial charge in [0.25, 0.3) is 0 Å². The minimum atomic E-state index is -0.174. The first-order valence-corrected chi connectivity index (χ1v) is 9.55. The highest BCUT2D eigenvalue weighted by Crippen LogP contribution is 2.27. The van der Waals surface area contributed by atoms with Crippen molar-refractivity contribution in [2.24, 2.45) is 0 Å². The lowest BCUT2D eigenvalue weighted by Crippen LogP contribution is -2.15. The largest absolute Gasteiger partial charge is 0.324 e. The van der Waals surface area contributed by atoms with Gasteiger partial charge in [0.2, 0.25) is 5.91 Å². The summed E-state index contributed by atoms with van der Waals surface area (Å²) in [6, 6.07) is 12.9. The van der Waals surface area contributed by atoms with Gasteiger partial charge in [0, 0.05) is 0 Å². The van der Waals surface area contributed by atoms with E-state index in [2.05, 4.69) is 15.5 Å². The number of carbonyl (C=O) groups is 1. The monoisotopic (exact) mass is 406 g/mol. The summed E-state index contributed by atoms with van der Waals surface area (Å²) in [4.78, 5) is 12.3. The average Bonchev–Trinajstić information content (AvgIpc) is 2.97. The number of thioether (sulfide) groups is 1. The smallest absolute Gasteiger partial charge is 0.234 e. The van der Waals surface area contributed by atoms with E-state index in [1.807, 2.05) is 48.7 Å². The molecule has 0 aliphatic carbocycles. The third kappa shape index (κ3) is 4.20. The van der Waals surface area contributed by atoms with Crippen LogP contribution in [0.15, 0.2) is 47.6 Å². The molecule has 0 atom stereocenters. The number of nitrogens with one attached hydrogen (secondary N) is 1. The summed E-state index contributed by atoms with van der Waals surface area (Å²) < 4.78 is 1.83. The van der Waals surface area contributed by atoms with E-state index in [0.29, 0.717) is 26.7 Å². The third-order valence-electron chi connectivity index (χ3n) is 3.62. The molecule has 3 rings (SSSR count).